The summed E-state index contributed by atoms with van der Waals surface area (Å²) < 4.78 is 19.4. The smallest absolute Gasteiger partial charge is 0.320 e. The molecule has 0 aromatic heterocycles. The summed E-state index contributed by atoms with van der Waals surface area (Å²) in [6.45, 7) is 0.605. The average Bonchev–Trinajstić information content (AvgIpc) is 2.62. The van der Waals surface area contributed by atoms with Gasteiger partial charge in [-0.05, 0) is 55.3 Å². The van der Waals surface area contributed by atoms with Gasteiger partial charge in [-0.1, -0.05) is 30.2 Å². The Bertz CT molecular complexity index is 798. The lowest BCUT2D eigenvalue weighted by Gasteiger charge is -2.40. The Balaban J connectivity index is 2.17. The van der Waals surface area contributed by atoms with E-state index in [1.807, 2.05) is 11.0 Å². The van der Waals surface area contributed by atoms with E-state index in [9.17, 15) is 14.3 Å². The number of nitrogens with zero attached hydrogens (tertiary/aromatic N) is 1. The highest BCUT2D eigenvalue weighted by Crippen LogP contribution is 2.39. The van der Waals surface area contributed by atoms with Gasteiger partial charge in [0.2, 0.25) is 0 Å². The van der Waals surface area contributed by atoms with E-state index in [0.29, 0.717) is 29.3 Å². The predicted molar refractivity (Wildman–Crippen MR) is 98.2 cm³/mol. The lowest BCUT2D eigenvalue weighted by molar-refractivity contribution is -0.145. The number of carbonyl (C=O) groups is 1. The van der Waals surface area contributed by atoms with Gasteiger partial charge in [0, 0.05) is 10.6 Å². The van der Waals surface area contributed by atoms with Crippen LogP contribution in [0.2, 0.25) is 5.02 Å². The number of ether oxygens (including phenoxy) is 1. The zero-order chi connectivity index (χ0) is 18.7. The summed E-state index contributed by atoms with van der Waals surface area (Å²) in [6, 6.07) is 10.4. The molecule has 2 aromatic rings. The third-order valence-electron chi connectivity index (χ3n) is 4.81. The molecule has 1 fully saturated rings. The Morgan fingerprint density at radius 3 is 2.81 bits per heavy atom. The van der Waals surface area contributed by atoms with Crippen LogP contribution in [0.15, 0.2) is 42.5 Å². The summed E-state index contributed by atoms with van der Waals surface area (Å²) in [5, 5.41) is 10.2. The van der Waals surface area contributed by atoms with Crippen LogP contribution in [0, 0.1) is 5.82 Å². The molecular weight excluding hydrogens is 357 g/mol. The number of hydrogen-bond acceptors (Lipinski definition) is 3. The standard InChI is InChI=1S/C20H21ClFNO3/c1-26-18-9-8-14(21)12-16(18)19(13-5-4-6-15(22)11-13)23-10-3-2-7-17(23)20(24)25/h4-6,8-9,11-12,17,19H,2-3,7,10H2,1H3,(H,24,25). The number of halogens is 2. The summed E-state index contributed by atoms with van der Waals surface area (Å²) in [7, 11) is 1.56. The highest BCUT2D eigenvalue weighted by Gasteiger charge is 2.36. The van der Waals surface area contributed by atoms with Crippen molar-refractivity contribution in [2.24, 2.45) is 0 Å². The second-order valence-corrected chi connectivity index (χ2v) is 6.87. The summed E-state index contributed by atoms with van der Waals surface area (Å²) in [6.07, 6.45) is 2.30. The first kappa shape index (κ1) is 18.7. The molecule has 138 valence electrons. The van der Waals surface area contributed by atoms with Crippen molar-refractivity contribution in [3.05, 3.63) is 64.4 Å². The predicted octanol–water partition coefficient (Wildman–Crippen LogP) is 4.52. The fourth-order valence-electron chi connectivity index (χ4n) is 3.67. The Labute approximate surface area is 157 Å². The van der Waals surface area contributed by atoms with Crippen LogP contribution in [0.1, 0.15) is 36.4 Å². The first-order chi connectivity index (χ1) is 12.5. The highest BCUT2D eigenvalue weighted by molar-refractivity contribution is 6.30. The molecule has 0 saturated carbocycles. The van der Waals surface area contributed by atoms with E-state index < -0.39 is 18.1 Å². The Hall–Kier alpha value is -2.11. The van der Waals surface area contributed by atoms with Gasteiger partial charge in [0.1, 0.15) is 17.6 Å². The maximum atomic E-state index is 13.9. The molecule has 6 heteroatoms. The number of aliphatic carboxylic acids is 1. The van der Waals surface area contributed by atoms with Crippen LogP contribution in [-0.2, 0) is 4.79 Å². The van der Waals surface area contributed by atoms with Crippen LogP contribution >= 0.6 is 11.6 Å². The van der Waals surface area contributed by atoms with E-state index in [1.54, 1.807) is 31.4 Å². The first-order valence-electron chi connectivity index (χ1n) is 8.58. The van der Waals surface area contributed by atoms with Crippen molar-refractivity contribution in [2.45, 2.75) is 31.3 Å². The summed E-state index contributed by atoms with van der Waals surface area (Å²) in [5.41, 5.74) is 1.41. The molecule has 0 amide bonds. The molecule has 0 spiro atoms. The van der Waals surface area contributed by atoms with Crippen LogP contribution in [0.5, 0.6) is 5.75 Å². The van der Waals surface area contributed by atoms with E-state index in [4.69, 9.17) is 16.3 Å². The number of benzene rings is 2. The van der Waals surface area contributed by atoms with Crippen molar-refractivity contribution in [2.75, 3.05) is 13.7 Å². The zero-order valence-electron chi connectivity index (χ0n) is 14.5. The minimum absolute atomic E-state index is 0.364. The van der Waals surface area contributed by atoms with Crippen molar-refractivity contribution < 1.29 is 19.0 Å². The Morgan fingerprint density at radius 2 is 2.12 bits per heavy atom. The van der Waals surface area contributed by atoms with Crippen molar-refractivity contribution in [1.29, 1.82) is 0 Å². The molecule has 2 aromatic carbocycles. The van der Waals surface area contributed by atoms with Gasteiger partial charge in [-0.3, -0.25) is 9.69 Å². The van der Waals surface area contributed by atoms with Crippen LogP contribution in [0.25, 0.3) is 0 Å². The maximum Gasteiger partial charge on any atom is 0.320 e. The second kappa shape index (κ2) is 8.06. The van der Waals surface area contributed by atoms with Gasteiger partial charge < -0.3 is 9.84 Å². The minimum Gasteiger partial charge on any atom is -0.496 e. The number of carboxylic acids is 1. The molecule has 1 saturated heterocycles. The van der Waals surface area contributed by atoms with E-state index in [-0.39, 0.29) is 5.82 Å². The van der Waals surface area contributed by atoms with Crippen LogP contribution < -0.4 is 4.74 Å². The van der Waals surface area contributed by atoms with Crippen molar-refractivity contribution >= 4 is 17.6 Å². The first-order valence-corrected chi connectivity index (χ1v) is 8.96. The molecule has 2 unspecified atom stereocenters. The van der Waals surface area contributed by atoms with Crippen LogP contribution in [0.3, 0.4) is 0 Å². The monoisotopic (exact) mass is 377 g/mol. The molecule has 1 aliphatic heterocycles. The third kappa shape index (κ3) is 3.84. The Morgan fingerprint density at radius 1 is 1.31 bits per heavy atom. The molecule has 0 aliphatic carbocycles. The van der Waals surface area contributed by atoms with Crippen molar-refractivity contribution in [3.8, 4) is 5.75 Å². The molecule has 0 radical (unpaired) electrons. The number of methoxy groups -OCH3 is 1. The topological polar surface area (TPSA) is 49.8 Å². The number of rotatable bonds is 5. The number of piperidine rings is 1. The molecule has 26 heavy (non-hydrogen) atoms. The lowest BCUT2D eigenvalue weighted by atomic mass is 9.91. The molecule has 2 atom stereocenters. The van der Waals surface area contributed by atoms with E-state index >= 15 is 0 Å². The highest BCUT2D eigenvalue weighted by atomic mass is 35.5. The van der Waals surface area contributed by atoms with Crippen molar-refractivity contribution in [1.82, 2.24) is 4.90 Å². The minimum atomic E-state index is -0.868. The maximum absolute atomic E-state index is 13.9. The fourth-order valence-corrected chi connectivity index (χ4v) is 3.85. The molecule has 1 N–H and O–H groups in total. The van der Waals surface area contributed by atoms with Crippen LogP contribution in [0.4, 0.5) is 4.39 Å². The zero-order valence-corrected chi connectivity index (χ0v) is 15.2. The van der Waals surface area contributed by atoms with Gasteiger partial charge in [0.25, 0.3) is 0 Å². The molecule has 1 aliphatic rings. The quantitative estimate of drug-likeness (QED) is 0.832. The molecular formula is C20H21ClFNO3. The average molecular weight is 378 g/mol. The fraction of sp³-hybridized carbons (Fsp3) is 0.350. The van der Waals surface area contributed by atoms with Gasteiger partial charge in [-0.25, -0.2) is 4.39 Å². The third-order valence-corrected chi connectivity index (χ3v) is 5.05. The van der Waals surface area contributed by atoms with Gasteiger partial charge in [0.15, 0.2) is 0 Å². The van der Waals surface area contributed by atoms with E-state index in [2.05, 4.69) is 0 Å². The van der Waals surface area contributed by atoms with Crippen LogP contribution in [-0.4, -0.2) is 35.7 Å². The number of carboxylic acid groups (broad SMARTS) is 1. The van der Waals surface area contributed by atoms with E-state index in [0.717, 1.165) is 18.4 Å². The summed E-state index contributed by atoms with van der Waals surface area (Å²) in [4.78, 5) is 13.8. The second-order valence-electron chi connectivity index (χ2n) is 6.43. The molecule has 0 bridgehead atoms. The van der Waals surface area contributed by atoms with Gasteiger partial charge in [0.05, 0.1) is 13.2 Å². The van der Waals surface area contributed by atoms with Crippen molar-refractivity contribution in [3.63, 3.8) is 0 Å². The van der Waals surface area contributed by atoms with Gasteiger partial charge >= 0.3 is 5.97 Å². The normalized spacial score (nSPS) is 19.1. The molecule has 4 nitrogen and oxygen atoms in total. The summed E-state index contributed by atoms with van der Waals surface area (Å²) >= 11 is 6.21. The number of hydrogen-bond donors (Lipinski definition) is 1. The van der Waals surface area contributed by atoms with Gasteiger partial charge in [-0.15, -0.1) is 0 Å². The number of likely N-dealkylation sites (tertiary alicyclic amines) is 1. The largest absolute Gasteiger partial charge is 0.496 e. The lowest BCUT2D eigenvalue weighted by Crippen LogP contribution is -2.47. The SMILES string of the molecule is COc1ccc(Cl)cc1C(c1cccc(F)c1)N1CCCCC1C(=O)O. The summed E-state index contributed by atoms with van der Waals surface area (Å²) in [5.74, 6) is -0.636. The molecule has 3 rings (SSSR count). The van der Waals surface area contributed by atoms with E-state index in [1.165, 1.54) is 12.1 Å². The molecule has 1 heterocycles. The van der Waals surface area contributed by atoms with Gasteiger partial charge in [-0.2, -0.15) is 0 Å². The Kier molecular flexibility index (Phi) is 5.79.